The fourth-order valence-electron chi connectivity index (χ4n) is 1.96. The van der Waals surface area contributed by atoms with Gasteiger partial charge in [0, 0.05) is 12.5 Å². The van der Waals surface area contributed by atoms with Crippen molar-refractivity contribution in [1.82, 2.24) is 4.90 Å². The number of ether oxygens (including phenoxy) is 1. The van der Waals surface area contributed by atoms with Gasteiger partial charge in [0.05, 0.1) is 19.2 Å². The van der Waals surface area contributed by atoms with Crippen LogP contribution in [0.2, 0.25) is 0 Å². The van der Waals surface area contributed by atoms with Crippen molar-refractivity contribution in [3.8, 4) is 0 Å². The van der Waals surface area contributed by atoms with E-state index in [2.05, 4.69) is 0 Å². The molecule has 1 aliphatic carbocycles. The number of hydrogen-bond donors (Lipinski definition) is 1. The lowest BCUT2D eigenvalue weighted by molar-refractivity contribution is 0.0987. The van der Waals surface area contributed by atoms with Gasteiger partial charge in [-0.2, -0.15) is 0 Å². The second-order valence-corrected chi connectivity index (χ2v) is 4.47. The highest BCUT2D eigenvalue weighted by atomic mass is 19.1. The van der Waals surface area contributed by atoms with Crippen LogP contribution in [0.1, 0.15) is 6.42 Å². The van der Waals surface area contributed by atoms with Crippen molar-refractivity contribution < 1.29 is 13.9 Å². The van der Waals surface area contributed by atoms with Gasteiger partial charge in [-0.25, -0.2) is 9.18 Å². The van der Waals surface area contributed by atoms with Crippen LogP contribution in [0.4, 0.5) is 9.18 Å². The van der Waals surface area contributed by atoms with E-state index in [1.165, 1.54) is 4.90 Å². The normalized spacial score (nSPS) is 31.9. The summed E-state index contributed by atoms with van der Waals surface area (Å²) in [6.07, 6.45) is 7.19. The maximum atomic E-state index is 13.1. The monoisotopic (exact) mass is 240 g/mol. The van der Waals surface area contributed by atoms with E-state index >= 15 is 0 Å². The van der Waals surface area contributed by atoms with Crippen molar-refractivity contribution in [2.24, 2.45) is 11.7 Å². The highest BCUT2D eigenvalue weighted by Gasteiger charge is 2.33. The Labute approximate surface area is 99.9 Å². The van der Waals surface area contributed by atoms with Gasteiger partial charge in [0.25, 0.3) is 0 Å². The molecule has 1 saturated heterocycles. The molecule has 2 N–H and O–H groups in total. The Morgan fingerprint density at radius 1 is 1.47 bits per heavy atom. The van der Waals surface area contributed by atoms with Crippen LogP contribution in [0.3, 0.4) is 0 Å². The third-order valence-electron chi connectivity index (χ3n) is 3.04. The molecule has 0 spiro atoms. The molecule has 2 aliphatic rings. The van der Waals surface area contributed by atoms with E-state index in [1.807, 2.05) is 24.3 Å². The first-order chi connectivity index (χ1) is 8.16. The molecule has 1 aliphatic heterocycles. The van der Waals surface area contributed by atoms with Crippen LogP contribution in [0, 0.1) is 5.92 Å². The number of nitrogens with two attached hydrogens (primary N) is 1. The van der Waals surface area contributed by atoms with Crippen LogP contribution in [-0.4, -0.2) is 42.9 Å². The van der Waals surface area contributed by atoms with Gasteiger partial charge >= 0.3 is 6.09 Å². The molecule has 1 heterocycles. The Balaban J connectivity index is 1.74. The summed E-state index contributed by atoms with van der Waals surface area (Å²) in [6, 6.07) is -0.583. The second kappa shape index (κ2) is 5.31. The van der Waals surface area contributed by atoms with E-state index in [1.54, 1.807) is 0 Å². The molecule has 94 valence electrons. The third kappa shape index (κ3) is 3.06. The standard InChI is InChI=1S/C12H17FN2O2/c13-10-6-15(7-11(10)14)12(16)17-8-9-4-2-1-3-5-9/h1-4,9-11H,5-8,14H2. The zero-order chi connectivity index (χ0) is 12.3. The summed E-state index contributed by atoms with van der Waals surface area (Å²) in [5.74, 6) is 0.224. The number of rotatable bonds is 2. The molecule has 0 bridgehead atoms. The average molecular weight is 240 g/mol. The van der Waals surface area contributed by atoms with Crippen LogP contribution < -0.4 is 5.73 Å². The number of nitrogens with zero attached hydrogens (tertiary/aromatic N) is 1. The Hall–Kier alpha value is -1.36. The quantitative estimate of drug-likeness (QED) is 0.790. The molecule has 0 aromatic carbocycles. The van der Waals surface area contributed by atoms with Crippen LogP contribution in [0.15, 0.2) is 24.3 Å². The van der Waals surface area contributed by atoms with Crippen molar-refractivity contribution >= 4 is 6.09 Å². The molecule has 0 saturated carbocycles. The number of hydrogen-bond acceptors (Lipinski definition) is 3. The molecule has 0 aromatic heterocycles. The van der Waals surface area contributed by atoms with Crippen LogP contribution in [0.25, 0.3) is 0 Å². The molecular weight excluding hydrogens is 223 g/mol. The molecule has 5 heteroatoms. The minimum absolute atomic E-state index is 0.0421. The van der Waals surface area contributed by atoms with Crippen LogP contribution >= 0.6 is 0 Å². The zero-order valence-electron chi connectivity index (χ0n) is 9.59. The minimum atomic E-state index is -1.14. The summed E-state index contributed by atoms with van der Waals surface area (Å²) < 4.78 is 18.3. The Bertz CT molecular complexity index is 333. The average Bonchev–Trinajstić information content (AvgIpc) is 2.68. The highest BCUT2D eigenvalue weighted by molar-refractivity contribution is 5.68. The van der Waals surface area contributed by atoms with Crippen LogP contribution in [0.5, 0.6) is 0 Å². The van der Waals surface area contributed by atoms with Crippen molar-refractivity contribution in [2.75, 3.05) is 19.7 Å². The number of alkyl halides is 1. The van der Waals surface area contributed by atoms with E-state index in [-0.39, 0.29) is 19.0 Å². The number of amides is 1. The summed E-state index contributed by atoms with van der Waals surface area (Å²) in [6.45, 7) is 0.614. The fraction of sp³-hybridized carbons (Fsp3) is 0.583. The lowest BCUT2D eigenvalue weighted by Crippen LogP contribution is -2.33. The van der Waals surface area contributed by atoms with E-state index < -0.39 is 18.3 Å². The number of carbonyl (C=O) groups excluding carboxylic acids is 1. The summed E-state index contributed by atoms with van der Waals surface area (Å²) in [5, 5.41) is 0. The number of likely N-dealkylation sites (tertiary alicyclic amines) is 1. The molecule has 4 nitrogen and oxygen atoms in total. The summed E-state index contributed by atoms with van der Waals surface area (Å²) in [7, 11) is 0. The second-order valence-electron chi connectivity index (χ2n) is 4.47. The first kappa shape index (κ1) is 12.1. The minimum Gasteiger partial charge on any atom is -0.449 e. The topological polar surface area (TPSA) is 55.6 Å². The number of allylic oxidation sites excluding steroid dienone is 3. The zero-order valence-corrected chi connectivity index (χ0v) is 9.59. The molecule has 1 amide bonds. The van der Waals surface area contributed by atoms with Crippen LogP contribution in [-0.2, 0) is 4.74 Å². The van der Waals surface area contributed by atoms with Gasteiger partial charge in [0.2, 0.25) is 0 Å². The molecule has 3 unspecified atom stereocenters. The summed E-state index contributed by atoms with van der Waals surface area (Å²) in [4.78, 5) is 12.9. The van der Waals surface area contributed by atoms with Gasteiger partial charge < -0.3 is 15.4 Å². The van der Waals surface area contributed by atoms with E-state index in [0.717, 1.165) is 6.42 Å². The van der Waals surface area contributed by atoms with Crippen molar-refractivity contribution in [3.05, 3.63) is 24.3 Å². The van der Waals surface area contributed by atoms with Crippen molar-refractivity contribution in [3.63, 3.8) is 0 Å². The molecular formula is C12H17FN2O2. The first-order valence-electron chi connectivity index (χ1n) is 5.81. The third-order valence-corrected chi connectivity index (χ3v) is 3.04. The predicted octanol–water partition coefficient (Wildman–Crippen LogP) is 1.24. The van der Waals surface area contributed by atoms with Gasteiger partial charge in [-0.05, 0) is 6.42 Å². The van der Waals surface area contributed by atoms with Gasteiger partial charge in [-0.1, -0.05) is 24.3 Å². The highest BCUT2D eigenvalue weighted by Crippen LogP contribution is 2.15. The SMILES string of the molecule is NC1CN(C(=O)OCC2C=CC=CC2)CC1F. The summed E-state index contributed by atoms with van der Waals surface area (Å²) >= 11 is 0. The lowest BCUT2D eigenvalue weighted by Gasteiger charge is -2.18. The first-order valence-corrected chi connectivity index (χ1v) is 5.81. The summed E-state index contributed by atoms with van der Waals surface area (Å²) in [5.41, 5.74) is 5.50. The van der Waals surface area contributed by atoms with Gasteiger partial charge in [0.15, 0.2) is 0 Å². The molecule has 0 radical (unpaired) electrons. The Morgan fingerprint density at radius 3 is 2.88 bits per heavy atom. The Morgan fingerprint density at radius 2 is 2.29 bits per heavy atom. The molecule has 1 fully saturated rings. The van der Waals surface area contributed by atoms with E-state index in [0.29, 0.717) is 6.61 Å². The molecule has 0 aromatic rings. The van der Waals surface area contributed by atoms with Gasteiger partial charge in [-0.3, -0.25) is 0 Å². The Kier molecular flexibility index (Phi) is 3.78. The maximum Gasteiger partial charge on any atom is 0.409 e. The molecule has 17 heavy (non-hydrogen) atoms. The van der Waals surface area contributed by atoms with Crippen molar-refractivity contribution in [2.45, 2.75) is 18.6 Å². The van der Waals surface area contributed by atoms with Crippen molar-refractivity contribution in [1.29, 1.82) is 0 Å². The molecule has 2 rings (SSSR count). The van der Waals surface area contributed by atoms with E-state index in [4.69, 9.17) is 10.5 Å². The predicted molar refractivity (Wildman–Crippen MR) is 62.2 cm³/mol. The number of carbonyl (C=O) groups is 1. The maximum absolute atomic E-state index is 13.1. The van der Waals surface area contributed by atoms with E-state index in [9.17, 15) is 9.18 Å². The molecule has 3 atom stereocenters. The fourth-order valence-corrected chi connectivity index (χ4v) is 1.96. The van der Waals surface area contributed by atoms with Gasteiger partial charge in [-0.15, -0.1) is 0 Å². The smallest absolute Gasteiger partial charge is 0.409 e. The van der Waals surface area contributed by atoms with Gasteiger partial charge in [0.1, 0.15) is 6.17 Å². The largest absolute Gasteiger partial charge is 0.449 e. The number of halogens is 1. The lowest BCUT2D eigenvalue weighted by atomic mass is 10.0.